The number of hydrogen-bond acceptors (Lipinski definition) is 2. The van der Waals surface area contributed by atoms with E-state index in [2.05, 4.69) is 26.6 Å². The van der Waals surface area contributed by atoms with Gasteiger partial charge >= 0.3 is 6.03 Å². The molecule has 0 aromatic heterocycles. The van der Waals surface area contributed by atoms with Crippen molar-refractivity contribution in [1.29, 1.82) is 0 Å². The monoisotopic (exact) mass is 374 g/mol. The number of carbonyl (C=O) groups is 1. The molecular formula is C18H19BrN2O2. The molecule has 5 heteroatoms. The van der Waals surface area contributed by atoms with Gasteiger partial charge in [-0.15, -0.1) is 0 Å². The standard InChI is InChI=1S/C18H19BrN2O2/c1-23-17-7-3-5-15(13-17)9-11-21-18(22)20-10-8-14-4-2-6-16(19)12-14/h2-8,10,12-13H,9,11H2,1H3,(H2,20,21,22)/b10-8+. The van der Waals surface area contributed by atoms with Gasteiger partial charge in [0.2, 0.25) is 0 Å². The second kappa shape index (κ2) is 9.00. The molecule has 2 amide bonds. The summed E-state index contributed by atoms with van der Waals surface area (Å²) in [6.45, 7) is 0.559. The summed E-state index contributed by atoms with van der Waals surface area (Å²) in [6.07, 6.45) is 4.22. The van der Waals surface area contributed by atoms with E-state index in [9.17, 15) is 4.79 Å². The largest absolute Gasteiger partial charge is 0.497 e. The predicted molar refractivity (Wildman–Crippen MR) is 96.4 cm³/mol. The molecule has 0 aliphatic heterocycles. The Bertz CT molecular complexity index is 686. The summed E-state index contributed by atoms with van der Waals surface area (Å²) in [7, 11) is 1.64. The second-order valence-corrected chi connectivity index (χ2v) is 5.81. The first-order chi connectivity index (χ1) is 11.2. The van der Waals surface area contributed by atoms with Crippen molar-refractivity contribution in [2.75, 3.05) is 13.7 Å². The van der Waals surface area contributed by atoms with Gasteiger partial charge in [0, 0.05) is 17.2 Å². The fourth-order valence-corrected chi connectivity index (χ4v) is 2.44. The zero-order chi connectivity index (χ0) is 16.5. The van der Waals surface area contributed by atoms with Gasteiger partial charge in [0.1, 0.15) is 5.75 Å². The lowest BCUT2D eigenvalue weighted by Crippen LogP contribution is -2.33. The summed E-state index contributed by atoms with van der Waals surface area (Å²) in [5, 5.41) is 5.50. The van der Waals surface area contributed by atoms with Crippen LogP contribution in [0, 0.1) is 0 Å². The van der Waals surface area contributed by atoms with Gasteiger partial charge < -0.3 is 15.4 Å². The molecule has 120 valence electrons. The highest BCUT2D eigenvalue weighted by Gasteiger charge is 1.99. The summed E-state index contributed by atoms with van der Waals surface area (Å²) >= 11 is 3.41. The summed E-state index contributed by atoms with van der Waals surface area (Å²) in [5.41, 5.74) is 2.13. The number of nitrogens with one attached hydrogen (secondary N) is 2. The molecule has 0 aliphatic carbocycles. The molecule has 0 spiro atoms. The minimum atomic E-state index is -0.223. The molecule has 0 heterocycles. The zero-order valence-electron chi connectivity index (χ0n) is 12.9. The maximum atomic E-state index is 11.7. The molecule has 0 saturated heterocycles. The minimum absolute atomic E-state index is 0.223. The fraction of sp³-hybridized carbons (Fsp3) is 0.167. The van der Waals surface area contributed by atoms with Crippen LogP contribution in [0.2, 0.25) is 0 Å². The number of benzene rings is 2. The van der Waals surface area contributed by atoms with E-state index in [1.165, 1.54) is 0 Å². The van der Waals surface area contributed by atoms with Crippen molar-refractivity contribution in [1.82, 2.24) is 10.6 Å². The molecular weight excluding hydrogens is 356 g/mol. The van der Waals surface area contributed by atoms with Crippen LogP contribution >= 0.6 is 15.9 Å². The van der Waals surface area contributed by atoms with E-state index in [0.717, 1.165) is 27.8 Å². The first kappa shape index (κ1) is 17.1. The van der Waals surface area contributed by atoms with Crippen LogP contribution in [0.15, 0.2) is 59.2 Å². The smallest absolute Gasteiger partial charge is 0.318 e. The Morgan fingerprint density at radius 3 is 2.83 bits per heavy atom. The van der Waals surface area contributed by atoms with Crippen molar-refractivity contribution in [3.05, 3.63) is 70.3 Å². The highest BCUT2D eigenvalue weighted by Crippen LogP contribution is 2.13. The van der Waals surface area contributed by atoms with Crippen LogP contribution in [0.25, 0.3) is 6.08 Å². The first-order valence-electron chi connectivity index (χ1n) is 7.27. The molecule has 4 nitrogen and oxygen atoms in total. The van der Waals surface area contributed by atoms with Crippen LogP contribution in [0.1, 0.15) is 11.1 Å². The van der Waals surface area contributed by atoms with Crippen LogP contribution in [0.3, 0.4) is 0 Å². The Hall–Kier alpha value is -2.27. The third kappa shape index (κ3) is 6.16. The first-order valence-corrected chi connectivity index (χ1v) is 8.06. The molecule has 2 N–H and O–H groups in total. The van der Waals surface area contributed by atoms with Crippen molar-refractivity contribution in [3.8, 4) is 5.75 Å². The van der Waals surface area contributed by atoms with E-state index in [1.54, 1.807) is 13.3 Å². The highest BCUT2D eigenvalue weighted by atomic mass is 79.9. The lowest BCUT2D eigenvalue weighted by molar-refractivity contribution is 0.244. The molecule has 2 aromatic carbocycles. The van der Waals surface area contributed by atoms with E-state index < -0.39 is 0 Å². The summed E-state index contributed by atoms with van der Waals surface area (Å²) in [6, 6.07) is 15.4. The van der Waals surface area contributed by atoms with Crippen LogP contribution in [-0.2, 0) is 6.42 Å². The maximum absolute atomic E-state index is 11.7. The van der Waals surface area contributed by atoms with Crippen molar-refractivity contribution in [2.24, 2.45) is 0 Å². The molecule has 0 saturated carbocycles. The van der Waals surface area contributed by atoms with Gasteiger partial charge in [-0.1, -0.05) is 40.2 Å². The number of urea groups is 1. The van der Waals surface area contributed by atoms with Crippen molar-refractivity contribution >= 4 is 28.0 Å². The van der Waals surface area contributed by atoms with E-state index in [1.807, 2.05) is 54.6 Å². The lowest BCUT2D eigenvalue weighted by Gasteiger charge is -2.06. The average molecular weight is 375 g/mol. The van der Waals surface area contributed by atoms with Crippen LogP contribution in [0.4, 0.5) is 4.79 Å². The number of hydrogen-bond donors (Lipinski definition) is 2. The third-order valence-corrected chi connectivity index (χ3v) is 3.67. The Morgan fingerprint density at radius 1 is 1.22 bits per heavy atom. The summed E-state index contributed by atoms with van der Waals surface area (Å²) in [5.74, 6) is 0.823. The van der Waals surface area contributed by atoms with E-state index in [0.29, 0.717) is 6.54 Å². The minimum Gasteiger partial charge on any atom is -0.497 e. The zero-order valence-corrected chi connectivity index (χ0v) is 14.5. The number of amides is 2. The predicted octanol–water partition coefficient (Wildman–Crippen LogP) is 3.97. The summed E-state index contributed by atoms with van der Waals surface area (Å²) in [4.78, 5) is 11.7. The van der Waals surface area contributed by atoms with Gasteiger partial charge in [0.25, 0.3) is 0 Å². The maximum Gasteiger partial charge on any atom is 0.318 e. The average Bonchev–Trinajstić information content (AvgIpc) is 2.55. The fourth-order valence-electron chi connectivity index (χ4n) is 2.02. The molecule has 0 atom stereocenters. The highest BCUT2D eigenvalue weighted by molar-refractivity contribution is 9.10. The van der Waals surface area contributed by atoms with E-state index >= 15 is 0 Å². The van der Waals surface area contributed by atoms with E-state index in [-0.39, 0.29) is 6.03 Å². The number of halogens is 1. The SMILES string of the molecule is COc1cccc(CCNC(=O)N/C=C/c2cccc(Br)c2)c1. The summed E-state index contributed by atoms with van der Waals surface area (Å²) < 4.78 is 6.18. The molecule has 0 unspecified atom stereocenters. The Morgan fingerprint density at radius 2 is 2.04 bits per heavy atom. The van der Waals surface area contributed by atoms with Gasteiger partial charge in [-0.25, -0.2) is 4.79 Å². The molecule has 23 heavy (non-hydrogen) atoms. The van der Waals surface area contributed by atoms with Crippen molar-refractivity contribution in [3.63, 3.8) is 0 Å². The van der Waals surface area contributed by atoms with Gasteiger partial charge in [0.05, 0.1) is 7.11 Å². The third-order valence-electron chi connectivity index (χ3n) is 3.17. The molecule has 2 aromatic rings. The normalized spacial score (nSPS) is 10.5. The van der Waals surface area contributed by atoms with Gasteiger partial charge in [-0.05, 0) is 47.9 Å². The topological polar surface area (TPSA) is 50.4 Å². The van der Waals surface area contributed by atoms with Crippen molar-refractivity contribution < 1.29 is 9.53 Å². The molecule has 0 bridgehead atoms. The van der Waals surface area contributed by atoms with Crippen LogP contribution in [0.5, 0.6) is 5.75 Å². The Kier molecular flexibility index (Phi) is 6.69. The van der Waals surface area contributed by atoms with Crippen molar-refractivity contribution in [2.45, 2.75) is 6.42 Å². The number of rotatable bonds is 6. The second-order valence-electron chi connectivity index (χ2n) is 4.89. The van der Waals surface area contributed by atoms with Crippen LogP contribution < -0.4 is 15.4 Å². The van der Waals surface area contributed by atoms with E-state index in [4.69, 9.17) is 4.74 Å². The molecule has 0 radical (unpaired) electrons. The molecule has 0 aliphatic rings. The molecule has 2 rings (SSSR count). The van der Waals surface area contributed by atoms with Crippen LogP contribution in [-0.4, -0.2) is 19.7 Å². The number of methoxy groups -OCH3 is 1. The lowest BCUT2D eigenvalue weighted by atomic mass is 10.1. The Balaban J connectivity index is 1.72. The number of carbonyl (C=O) groups excluding carboxylic acids is 1. The molecule has 0 fully saturated rings. The van der Waals surface area contributed by atoms with Gasteiger partial charge in [-0.3, -0.25) is 0 Å². The quantitative estimate of drug-likeness (QED) is 0.803. The number of ether oxygens (including phenoxy) is 1. The van der Waals surface area contributed by atoms with Gasteiger partial charge in [0.15, 0.2) is 0 Å². The Labute approximate surface area is 144 Å². The van der Waals surface area contributed by atoms with Gasteiger partial charge in [-0.2, -0.15) is 0 Å².